The van der Waals surface area contributed by atoms with Gasteiger partial charge >= 0.3 is 12.3 Å². The first-order chi connectivity index (χ1) is 15.2. The van der Waals surface area contributed by atoms with Gasteiger partial charge in [-0.05, 0) is 46.6 Å². The highest BCUT2D eigenvalue weighted by molar-refractivity contribution is 14.1. The van der Waals surface area contributed by atoms with E-state index in [1.54, 1.807) is 63.8 Å². The molecular weight excluding hydrogens is 550 g/mol. The van der Waals surface area contributed by atoms with Gasteiger partial charge in [0.15, 0.2) is 5.69 Å². The van der Waals surface area contributed by atoms with Gasteiger partial charge in [0, 0.05) is 21.7 Å². The third-order valence-electron chi connectivity index (χ3n) is 5.44. The molecule has 2 aromatic rings. The highest BCUT2D eigenvalue weighted by atomic mass is 127. The summed E-state index contributed by atoms with van der Waals surface area (Å²) >= 11 is 2.27. The maximum absolute atomic E-state index is 13.2. The van der Waals surface area contributed by atoms with Gasteiger partial charge in [0.25, 0.3) is 0 Å². The summed E-state index contributed by atoms with van der Waals surface area (Å²) in [6.45, 7) is 8.77. The SMILES string of the molecule is CC(C)n1cc(C(F)(F)F)nc1-c1ccc(C2C(I)CC(CO)N2C(=O)OC(C)(C)C)cc1. The monoisotopic (exact) mass is 579 g/mol. The second-order valence-electron chi connectivity index (χ2n) is 9.49. The summed E-state index contributed by atoms with van der Waals surface area (Å²) in [5, 5.41) is 9.85. The van der Waals surface area contributed by atoms with Crippen LogP contribution >= 0.6 is 22.6 Å². The fourth-order valence-corrected chi connectivity index (χ4v) is 5.33. The lowest BCUT2D eigenvalue weighted by Crippen LogP contribution is -2.43. The molecule has 0 saturated carbocycles. The molecular formula is C23H29F3IN3O3. The van der Waals surface area contributed by atoms with Gasteiger partial charge in [0.2, 0.25) is 0 Å². The predicted molar refractivity (Wildman–Crippen MR) is 127 cm³/mol. The number of aliphatic hydroxyl groups excluding tert-OH is 1. The molecule has 33 heavy (non-hydrogen) atoms. The molecule has 1 N–H and O–H groups in total. The van der Waals surface area contributed by atoms with Crippen molar-refractivity contribution in [2.75, 3.05) is 6.61 Å². The number of aliphatic hydroxyl groups is 1. The summed E-state index contributed by atoms with van der Waals surface area (Å²) in [5.41, 5.74) is -0.244. The quantitative estimate of drug-likeness (QED) is 0.357. The van der Waals surface area contributed by atoms with Crippen LogP contribution in [-0.4, -0.2) is 47.8 Å². The maximum Gasteiger partial charge on any atom is 0.434 e. The van der Waals surface area contributed by atoms with Crippen molar-refractivity contribution in [2.45, 2.75) is 74.9 Å². The van der Waals surface area contributed by atoms with E-state index in [1.807, 2.05) is 0 Å². The summed E-state index contributed by atoms with van der Waals surface area (Å²) in [5.74, 6) is 0.235. The molecule has 1 aromatic carbocycles. The number of hydrogen-bond acceptors (Lipinski definition) is 4. The van der Waals surface area contributed by atoms with Crippen LogP contribution in [0, 0.1) is 0 Å². The first kappa shape index (κ1) is 25.8. The molecule has 1 saturated heterocycles. The Labute approximate surface area is 205 Å². The Kier molecular flexibility index (Phi) is 7.38. The Morgan fingerprint density at radius 3 is 2.33 bits per heavy atom. The number of likely N-dealkylation sites (tertiary alicyclic amines) is 1. The van der Waals surface area contributed by atoms with Crippen LogP contribution in [-0.2, 0) is 10.9 Å². The van der Waals surface area contributed by atoms with Gasteiger partial charge in [0.05, 0.1) is 18.7 Å². The minimum absolute atomic E-state index is 0.0348. The molecule has 0 bridgehead atoms. The number of carbonyl (C=O) groups is 1. The molecule has 0 aliphatic carbocycles. The zero-order valence-electron chi connectivity index (χ0n) is 19.2. The predicted octanol–water partition coefficient (Wildman–Crippen LogP) is 6.00. The number of halogens is 4. The van der Waals surface area contributed by atoms with Gasteiger partial charge in [-0.25, -0.2) is 9.78 Å². The van der Waals surface area contributed by atoms with Crippen molar-refractivity contribution < 1.29 is 27.8 Å². The van der Waals surface area contributed by atoms with Gasteiger partial charge in [-0.3, -0.25) is 4.90 Å². The fourth-order valence-electron chi connectivity index (χ4n) is 3.98. The number of hydrogen-bond donors (Lipinski definition) is 1. The van der Waals surface area contributed by atoms with Gasteiger partial charge in [-0.15, -0.1) is 0 Å². The van der Waals surface area contributed by atoms with E-state index in [4.69, 9.17) is 4.74 Å². The number of carbonyl (C=O) groups excluding carboxylic acids is 1. The van der Waals surface area contributed by atoms with Crippen molar-refractivity contribution in [3.8, 4) is 11.4 Å². The molecule has 6 nitrogen and oxygen atoms in total. The second kappa shape index (κ2) is 9.44. The standard InChI is InChI=1S/C23H29F3IN3O3/c1-13(2)29-11-18(23(24,25)26)28-20(29)15-8-6-14(7-9-15)19-17(27)10-16(12-31)30(19)21(32)33-22(3,4)5/h6-9,11,13,16-17,19,31H,10,12H2,1-5H3. The molecule has 1 aliphatic heterocycles. The third kappa shape index (κ3) is 5.64. The van der Waals surface area contributed by atoms with Crippen LogP contribution < -0.4 is 0 Å². The lowest BCUT2D eigenvalue weighted by molar-refractivity contribution is -0.140. The largest absolute Gasteiger partial charge is 0.444 e. The van der Waals surface area contributed by atoms with Crippen molar-refractivity contribution >= 4 is 28.7 Å². The van der Waals surface area contributed by atoms with Crippen molar-refractivity contribution in [3.63, 3.8) is 0 Å². The Balaban J connectivity index is 1.96. The molecule has 3 atom stereocenters. The molecule has 3 unspecified atom stereocenters. The van der Waals surface area contributed by atoms with E-state index in [0.717, 1.165) is 11.8 Å². The number of amides is 1. The van der Waals surface area contributed by atoms with Crippen LogP contribution in [0.15, 0.2) is 30.5 Å². The highest BCUT2D eigenvalue weighted by Gasteiger charge is 2.45. The van der Waals surface area contributed by atoms with E-state index in [9.17, 15) is 23.1 Å². The summed E-state index contributed by atoms with van der Waals surface area (Å²) < 4.78 is 46.8. The topological polar surface area (TPSA) is 67.6 Å². The molecule has 1 amide bonds. The number of aromatic nitrogens is 2. The van der Waals surface area contributed by atoms with Crippen molar-refractivity contribution in [2.24, 2.45) is 0 Å². The van der Waals surface area contributed by atoms with Crippen LogP contribution in [0.2, 0.25) is 0 Å². The number of rotatable bonds is 4. The van der Waals surface area contributed by atoms with E-state index in [0.29, 0.717) is 12.0 Å². The van der Waals surface area contributed by atoms with Crippen molar-refractivity contribution in [3.05, 3.63) is 41.7 Å². The average Bonchev–Trinajstić information content (AvgIpc) is 3.28. The minimum Gasteiger partial charge on any atom is -0.444 e. The third-order valence-corrected chi connectivity index (χ3v) is 6.63. The van der Waals surface area contributed by atoms with Gasteiger partial charge in [-0.1, -0.05) is 46.9 Å². The molecule has 1 aliphatic rings. The van der Waals surface area contributed by atoms with E-state index in [2.05, 4.69) is 27.6 Å². The zero-order chi connectivity index (χ0) is 24.7. The van der Waals surface area contributed by atoms with Crippen molar-refractivity contribution in [1.82, 2.24) is 14.5 Å². The Hall–Kier alpha value is -1.82. The number of ether oxygens (including phenoxy) is 1. The lowest BCUT2D eigenvalue weighted by Gasteiger charge is -2.32. The van der Waals surface area contributed by atoms with E-state index >= 15 is 0 Å². The second-order valence-corrected chi connectivity index (χ2v) is 11.1. The summed E-state index contributed by atoms with van der Waals surface area (Å²) in [6, 6.07) is 6.14. The first-order valence-electron chi connectivity index (χ1n) is 10.8. The van der Waals surface area contributed by atoms with Crippen LogP contribution in [0.5, 0.6) is 0 Å². The fraction of sp³-hybridized carbons (Fsp3) is 0.565. The summed E-state index contributed by atoms with van der Waals surface area (Å²) in [7, 11) is 0. The molecule has 1 fully saturated rings. The van der Waals surface area contributed by atoms with Crippen molar-refractivity contribution in [1.29, 1.82) is 0 Å². The average molecular weight is 579 g/mol. The molecule has 0 radical (unpaired) electrons. The van der Waals surface area contributed by atoms with Gasteiger partial charge < -0.3 is 14.4 Å². The molecule has 2 heterocycles. The van der Waals surface area contributed by atoms with E-state index < -0.39 is 23.6 Å². The number of alkyl halides is 4. The minimum atomic E-state index is -4.53. The summed E-state index contributed by atoms with van der Waals surface area (Å²) in [6.07, 6.45) is -3.39. The zero-order valence-corrected chi connectivity index (χ0v) is 21.4. The molecule has 182 valence electrons. The van der Waals surface area contributed by atoms with Gasteiger partial charge in [-0.2, -0.15) is 13.2 Å². The smallest absolute Gasteiger partial charge is 0.434 e. The number of nitrogens with zero attached hydrogens (tertiary/aromatic N) is 3. The van der Waals surface area contributed by atoms with Crippen LogP contribution in [0.1, 0.15) is 64.4 Å². The first-order valence-corrected chi connectivity index (χ1v) is 12.0. The Bertz CT molecular complexity index is 984. The van der Waals surface area contributed by atoms with Crippen LogP contribution in [0.25, 0.3) is 11.4 Å². The summed E-state index contributed by atoms with van der Waals surface area (Å²) in [4.78, 5) is 18.4. The van der Waals surface area contributed by atoms with Gasteiger partial charge in [0.1, 0.15) is 11.4 Å². The molecule has 1 aromatic heterocycles. The Morgan fingerprint density at radius 1 is 1.24 bits per heavy atom. The Morgan fingerprint density at radius 2 is 1.85 bits per heavy atom. The van der Waals surface area contributed by atoms with Crippen LogP contribution in [0.4, 0.5) is 18.0 Å². The normalized spacial score (nSPS) is 21.7. The number of benzene rings is 1. The number of imidazole rings is 1. The molecule has 10 heteroatoms. The van der Waals surface area contributed by atoms with Crippen LogP contribution in [0.3, 0.4) is 0 Å². The lowest BCUT2D eigenvalue weighted by atomic mass is 10.0. The van der Waals surface area contributed by atoms with E-state index in [1.165, 1.54) is 4.57 Å². The highest BCUT2D eigenvalue weighted by Crippen LogP contribution is 2.42. The van der Waals surface area contributed by atoms with E-state index in [-0.39, 0.29) is 34.5 Å². The molecule has 3 rings (SSSR count). The molecule has 0 spiro atoms. The maximum atomic E-state index is 13.2.